The first-order valence-corrected chi connectivity index (χ1v) is 9.07. The van der Waals surface area contributed by atoms with Gasteiger partial charge >= 0.3 is 5.51 Å². The first-order valence-electron chi connectivity index (χ1n) is 6.60. The van der Waals surface area contributed by atoms with Crippen LogP contribution < -0.4 is 0 Å². The first kappa shape index (κ1) is 16.3. The first-order chi connectivity index (χ1) is 10.8. The Balaban J connectivity index is 2.13. The molecule has 1 aromatic rings. The van der Waals surface area contributed by atoms with Crippen molar-refractivity contribution in [1.82, 2.24) is 0 Å². The molecule has 3 rings (SSSR count). The molecule has 2 heterocycles. The Bertz CT molecular complexity index is 815. The summed E-state index contributed by atoms with van der Waals surface area (Å²) in [5, 5.41) is 0.657. The molecule has 2 aliphatic rings. The summed E-state index contributed by atoms with van der Waals surface area (Å²) in [7, 11) is -5.40. The van der Waals surface area contributed by atoms with E-state index in [9.17, 15) is 21.6 Å². The maximum absolute atomic E-state index is 12.8. The standard InChI is InChI=1S/C14H11F3N2O2S2/c15-14(16,17)23(20,21)11-4-1-3-10(9-11)13(5-2-6-19-13)12-18-7-8-22-12/h1-6,9H,7-8H2. The van der Waals surface area contributed by atoms with Crippen molar-refractivity contribution in [2.75, 3.05) is 12.3 Å². The van der Waals surface area contributed by atoms with Gasteiger partial charge < -0.3 is 0 Å². The van der Waals surface area contributed by atoms with E-state index < -0.39 is 25.8 Å². The monoisotopic (exact) mass is 360 g/mol. The molecular formula is C14H11F3N2O2S2. The summed E-state index contributed by atoms with van der Waals surface area (Å²) in [5.41, 5.74) is -6.02. The number of aliphatic imine (C=N–C) groups is 2. The summed E-state index contributed by atoms with van der Waals surface area (Å²) >= 11 is 1.47. The lowest BCUT2D eigenvalue weighted by molar-refractivity contribution is -0.0436. The molecule has 0 N–H and O–H groups in total. The molecule has 0 spiro atoms. The van der Waals surface area contributed by atoms with Crippen molar-refractivity contribution in [2.24, 2.45) is 9.98 Å². The Labute approximate surface area is 135 Å². The highest BCUT2D eigenvalue weighted by Crippen LogP contribution is 2.40. The highest BCUT2D eigenvalue weighted by Gasteiger charge is 2.47. The van der Waals surface area contributed by atoms with E-state index in [0.29, 0.717) is 17.2 Å². The molecule has 0 amide bonds. The second-order valence-electron chi connectivity index (χ2n) is 4.92. The van der Waals surface area contributed by atoms with Gasteiger partial charge in [0.25, 0.3) is 9.84 Å². The van der Waals surface area contributed by atoms with Crippen molar-refractivity contribution in [3.8, 4) is 0 Å². The van der Waals surface area contributed by atoms with Crippen molar-refractivity contribution in [1.29, 1.82) is 0 Å². The van der Waals surface area contributed by atoms with Gasteiger partial charge in [-0.3, -0.25) is 9.98 Å². The summed E-state index contributed by atoms with van der Waals surface area (Å²) in [6.45, 7) is 0.603. The van der Waals surface area contributed by atoms with Crippen molar-refractivity contribution in [3.63, 3.8) is 0 Å². The van der Waals surface area contributed by atoms with Crippen LogP contribution in [0, 0.1) is 0 Å². The lowest BCUT2D eigenvalue weighted by atomic mass is 9.92. The molecule has 4 nitrogen and oxygen atoms in total. The number of hydrogen-bond acceptors (Lipinski definition) is 5. The summed E-state index contributed by atoms with van der Waals surface area (Å²) < 4.78 is 61.6. The lowest BCUT2D eigenvalue weighted by Gasteiger charge is -2.25. The highest BCUT2D eigenvalue weighted by atomic mass is 32.2. The fourth-order valence-corrected chi connectivity index (χ4v) is 4.23. The molecule has 1 aromatic carbocycles. The van der Waals surface area contributed by atoms with Crippen molar-refractivity contribution in [2.45, 2.75) is 15.9 Å². The summed E-state index contributed by atoms with van der Waals surface area (Å²) in [5.74, 6) is 0.765. The number of alkyl halides is 3. The van der Waals surface area contributed by atoms with Crippen LogP contribution in [0.3, 0.4) is 0 Å². The Morgan fingerprint density at radius 2 is 2.04 bits per heavy atom. The molecule has 0 aliphatic carbocycles. The molecule has 9 heteroatoms. The van der Waals surface area contributed by atoms with E-state index in [1.807, 2.05) is 0 Å². The average molecular weight is 360 g/mol. The van der Waals surface area contributed by atoms with Gasteiger partial charge in [-0.1, -0.05) is 12.1 Å². The van der Waals surface area contributed by atoms with E-state index in [0.717, 1.165) is 17.9 Å². The maximum Gasteiger partial charge on any atom is 0.501 e. The predicted octanol–water partition coefficient (Wildman–Crippen LogP) is 2.96. The van der Waals surface area contributed by atoms with Crippen LogP contribution in [0.25, 0.3) is 0 Å². The number of thioether (sulfide) groups is 1. The van der Waals surface area contributed by atoms with Crippen LogP contribution in [0.2, 0.25) is 0 Å². The quantitative estimate of drug-likeness (QED) is 0.833. The van der Waals surface area contributed by atoms with Crippen LogP contribution in [0.4, 0.5) is 13.2 Å². The second-order valence-corrected chi connectivity index (χ2v) is 7.94. The zero-order chi connectivity index (χ0) is 16.7. The molecule has 0 bridgehead atoms. The van der Waals surface area contributed by atoms with Crippen molar-refractivity contribution < 1.29 is 21.6 Å². The molecule has 0 saturated heterocycles. The smallest absolute Gasteiger partial charge is 0.279 e. The van der Waals surface area contributed by atoms with E-state index in [2.05, 4.69) is 9.98 Å². The van der Waals surface area contributed by atoms with Gasteiger partial charge in [0.2, 0.25) is 0 Å². The number of sulfone groups is 1. The average Bonchev–Trinajstić information content (AvgIpc) is 3.18. The minimum atomic E-state index is -5.40. The minimum Gasteiger partial charge on any atom is -0.279 e. The third-order valence-electron chi connectivity index (χ3n) is 3.50. The SMILES string of the molecule is O=S(=O)(c1cccc(C2(C3=NCCS3)C=CC=N2)c1)C(F)(F)F. The molecule has 0 aromatic heterocycles. The van der Waals surface area contributed by atoms with Gasteiger partial charge in [-0.2, -0.15) is 13.2 Å². The van der Waals surface area contributed by atoms with Crippen LogP contribution in [-0.2, 0) is 15.4 Å². The number of halogens is 3. The third-order valence-corrected chi connectivity index (χ3v) is 6.09. The Hall–Kier alpha value is -1.61. The van der Waals surface area contributed by atoms with Crippen LogP contribution in [-0.4, -0.2) is 37.5 Å². The van der Waals surface area contributed by atoms with Crippen molar-refractivity contribution >= 4 is 32.9 Å². The normalized spacial score (nSPS) is 24.2. The van der Waals surface area contributed by atoms with E-state index in [1.165, 1.54) is 24.0 Å². The summed E-state index contributed by atoms with van der Waals surface area (Å²) in [6.07, 6.45) is 4.92. The molecule has 2 aliphatic heterocycles. The fraction of sp³-hybridized carbons (Fsp3) is 0.286. The summed E-state index contributed by atoms with van der Waals surface area (Å²) in [4.78, 5) is 7.90. The van der Waals surface area contributed by atoms with Crippen molar-refractivity contribution in [3.05, 3.63) is 42.0 Å². The van der Waals surface area contributed by atoms with Gasteiger partial charge in [-0.25, -0.2) is 8.42 Å². The fourth-order valence-electron chi connectivity index (χ4n) is 2.41. The molecule has 23 heavy (non-hydrogen) atoms. The van der Waals surface area contributed by atoms with Crippen LogP contribution >= 0.6 is 11.8 Å². The molecule has 1 atom stereocenters. The molecule has 1 unspecified atom stereocenters. The lowest BCUT2D eigenvalue weighted by Crippen LogP contribution is -2.29. The van der Waals surface area contributed by atoms with Crippen LogP contribution in [0.5, 0.6) is 0 Å². The van der Waals surface area contributed by atoms with E-state index in [1.54, 1.807) is 18.2 Å². The second kappa shape index (κ2) is 5.48. The number of hydrogen-bond donors (Lipinski definition) is 0. The maximum atomic E-state index is 12.8. The van der Waals surface area contributed by atoms with Gasteiger partial charge in [0, 0.05) is 18.5 Å². The van der Waals surface area contributed by atoms with E-state index in [-0.39, 0.29) is 0 Å². The topological polar surface area (TPSA) is 58.9 Å². The highest BCUT2D eigenvalue weighted by molar-refractivity contribution is 8.14. The Morgan fingerprint density at radius 3 is 2.61 bits per heavy atom. The molecule has 0 fully saturated rings. The molecule has 0 radical (unpaired) electrons. The van der Waals surface area contributed by atoms with Crippen LogP contribution in [0.1, 0.15) is 5.56 Å². The zero-order valence-corrected chi connectivity index (χ0v) is 13.2. The third kappa shape index (κ3) is 2.61. The van der Waals surface area contributed by atoms with Gasteiger partial charge in [-0.15, -0.1) is 11.8 Å². The summed E-state index contributed by atoms with van der Waals surface area (Å²) in [6, 6.07) is 4.81. The van der Waals surface area contributed by atoms with E-state index >= 15 is 0 Å². The number of allylic oxidation sites excluding steroid dienone is 1. The molecule has 0 saturated carbocycles. The van der Waals surface area contributed by atoms with Gasteiger partial charge in [0.15, 0.2) is 5.54 Å². The largest absolute Gasteiger partial charge is 0.501 e. The van der Waals surface area contributed by atoms with E-state index in [4.69, 9.17) is 0 Å². The number of rotatable bonds is 3. The number of nitrogens with zero attached hydrogens (tertiary/aromatic N) is 2. The van der Waals surface area contributed by atoms with Gasteiger partial charge in [0.05, 0.1) is 4.90 Å². The Kier molecular flexibility index (Phi) is 3.88. The minimum absolute atomic E-state index is 0.348. The Morgan fingerprint density at radius 1 is 1.26 bits per heavy atom. The van der Waals surface area contributed by atoms with Gasteiger partial charge in [0.1, 0.15) is 5.04 Å². The zero-order valence-electron chi connectivity index (χ0n) is 11.6. The predicted molar refractivity (Wildman–Crippen MR) is 83.8 cm³/mol. The molecule has 122 valence electrons. The molecular weight excluding hydrogens is 349 g/mol. The number of benzene rings is 1. The van der Waals surface area contributed by atoms with Gasteiger partial charge in [-0.05, 0) is 29.8 Å². The van der Waals surface area contributed by atoms with Crippen LogP contribution in [0.15, 0.2) is 51.3 Å².